The first-order chi connectivity index (χ1) is 12.4. The highest BCUT2D eigenvalue weighted by Gasteiger charge is 2.35. The van der Waals surface area contributed by atoms with Crippen LogP contribution in [-0.2, 0) is 11.0 Å². The number of nitrogens with two attached hydrogens (primary N) is 1. The van der Waals surface area contributed by atoms with Gasteiger partial charge in [-0.2, -0.15) is 13.2 Å². The molecule has 1 fully saturated rings. The fraction of sp³-hybridized carbons (Fsp3) is 0.588. The molecular weight excluding hydrogens is 401 g/mol. The molecule has 1 heterocycles. The number of piperidine rings is 1. The first-order valence-corrected chi connectivity index (χ1v) is 8.57. The van der Waals surface area contributed by atoms with Crippen LogP contribution in [0.15, 0.2) is 18.2 Å². The van der Waals surface area contributed by atoms with Crippen LogP contribution < -0.4 is 16.0 Å². The monoisotopic (exact) mass is 424 g/mol. The van der Waals surface area contributed by atoms with E-state index >= 15 is 0 Å². The standard InChI is InChI=1S/C17H23F3N4O3.ClH/c1-16(2,10-21)22-15(25)11-5-7-23(8-6-11)13-4-3-12(17(18,19)20)9-14(13)24(26)27;/h3-4,9,11H,5-8,10,21H2,1-2H3,(H,22,25);1H. The molecule has 0 spiro atoms. The second-order valence-electron chi connectivity index (χ2n) is 7.30. The number of nitrogens with zero attached hydrogens (tertiary/aromatic N) is 2. The van der Waals surface area contributed by atoms with Gasteiger partial charge in [-0.15, -0.1) is 12.4 Å². The Bertz CT molecular complexity index is 720. The molecule has 0 saturated carbocycles. The molecule has 1 aliphatic rings. The lowest BCUT2D eigenvalue weighted by Gasteiger charge is -2.34. The maximum absolute atomic E-state index is 12.8. The summed E-state index contributed by atoms with van der Waals surface area (Å²) in [6, 6.07) is 2.52. The molecule has 0 aliphatic carbocycles. The van der Waals surface area contributed by atoms with E-state index in [9.17, 15) is 28.1 Å². The number of nitrogens with one attached hydrogen (secondary N) is 1. The van der Waals surface area contributed by atoms with Crippen molar-refractivity contribution in [1.29, 1.82) is 0 Å². The predicted octanol–water partition coefficient (Wildman–Crippen LogP) is 3.11. The van der Waals surface area contributed by atoms with Gasteiger partial charge in [0.2, 0.25) is 5.91 Å². The first-order valence-electron chi connectivity index (χ1n) is 8.57. The van der Waals surface area contributed by atoms with E-state index in [1.807, 2.05) is 13.8 Å². The molecule has 0 aromatic heterocycles. The highest BCUT2D eigenvalue weighted by molar-refractivity contribution is 5.85. The van der Waals surface area contributed by atoms with Gasteiger partial charge in [0.1, 0.15) is 5.69 Å². The Balaban J connectivity index is 0.00000392. The Hall–Kier alpha value is -2.07. The molecule has 3 N–H and O–H groups in total. The second-order valence-corrected chi connectivity index (χ2v) is 7.30. The molecule has 1 saturated heterocycles. The van der Waals surface area contributed by atoms with E-state index < -0.39 is 27.9 Å². The molecule has 11 heteroatoms. The van der Waals surface area contributed by atoms with Gasteiger partial charge in [-0.05, 0) is 38.8 Å². The number of nitro groups is 1. The van der Waals surface area contributed by atoms with Crippen molar-refractivity contribution in [3.8, 4) is 0 Å². The van der Waals surface area contributed by atoms with Gasteiger partial charge in [0.25, 0.3) is 5.69 Å². The number of hydrogen-bond donors (Lipinski definition) is 2. The number of halogens is 4. The molecule has 2 rings (SSSR count). The third-order valence-electron chi connectivity index (χ3n) is 4.68. The van der Waals surface area contributed by atoms with Gasteiger partial charge >= 0.3 is 6.18 Å². The van der Waals surface area contributed by atoms with Gasteiger partial charge in [-0.3, -0.25) is 14.9 Å². The maximum Gasteiger partial charge on any atom is 0.416 e. The fourth-order valence-corrected chi connectivity index (χ4v) is 2.98. The molecule has 1 aromatic rings. The molecule has 0 unspecified atom stereocenters. The van der Waals surface area contributed by atoms with E-state index in [0.717, 1.165) is 12.1 Å². The third kappa shape index (κ3) is 5.71. The van der Waals surface area contributed by atoms with Crippen molar-refractivity contribution >= 4 is 29.7 Å². The smallest absolute Gasteiger partial charge is 0.366 e. The number of carbonyl (C=O) groups excluding carboxylic acids is 1. The molecule has 0 atom stereocenters. The summed E-state index contributed by atoms with van der Waals surface area (Å²) in [4.78, 5) is 24.4. The molecule has 158 valence electrons. The van der Waals surface area contributed by atoms with Crippen LogP contribution in [0.3, 0.4) is 0 Å². The van der Waals surface area contributed by atoms with E-state index in [0.29, 0.717) is 32.0 Å². The zero-order valence-corrected chi connectivity index (χ0v) is 16.4. The lowest BCUT2D eigenvalue weighted by Crippen LogP contribution is -2.52. The van der Waals surface area contributed by atoms with Gasteiger partial charge < -0.3 is 16.0 Å². The lowest BCUT2D eigenvalue weighted by molar-refractivity contribution is -0.384. The molecule has 1 amide bonds. The van der Waals surface area contributed by atoms with Gasteiger partial charge in [0.15, 0.2) is 0 Å². The predicted molar refractivity (Wildman–Crippen MR) is 102 cm³/mol. The minimum Gasteiger partial charge on any atom is -0.366 e. The molecule has 28 heavy (non-hydrogen) atoms. The molecular formula is C17H24ClF3N4O3. The lowest BCUT2D eigenvalue weighted by atomic mass is 9.93. The van der Waals surface area contributed by atoms with Crippen LogP contribution in [-0.4, -0.2) is 36.0 Å². The average molecular weight is 425 g/mol. The maximum atomic E-state index is 12.8. The van der Waals surface area contributed by atoms with Gasteiger partial charge in [-0.25, -0.2) is 0 Å². The van der Waals surface area contributed by atoms with Crippen LogP contribution in [0.4, 0.5) is 24.5 Å². The Morgan fingerprint density at radius 1 is 1.32 bits per heavy atom. The van der Waals surface area contributed by atoms with Crippen LogP contribution in [0.2, 0.25) is 0 Å². The van der Waals surface area contributed by atoms with E-state index in [1.54, 1.807) is 4.90 Å². The summed E-state index contributed by atoms with van der Waals surface area (Å²) < 4.78 is 38.5. The highest BCUT2D eigenvalue weighted by Crippen LogP contribution is 2.37. The van der Waals surface area contributed by atoms with Crippen LogP contribution in [0.1, 0.15) is 32.3 Å². The van der Waals surface area contributed by atoms with Gasteiger partial charge in [-0.1, -0.05) is 0 Å². The minimum atomic E-state index is -4.65. The van der Waals surface area contributed by atoms with Crippen molar-refractivity contribution in [2.24, 2.45) is 11.7 Å². The van der Waals surface area contributed by atoms with Crippen molar-refractivity contribution in [3.05, 3.63) is 33.9 Å². The Morgan fingerprint density at radius 3 is 2.36 bits per heavy atom. The zero-order chi connectivity index (χ0) is 20.4. The minimum absolute atomic E-state index is 0. The van der Waals surface area contributed by atoms with E-state index in [1.165, 1.54) is 0 Å². The number of rotatable bonds is 5. The molecule has 7 nitrogen and oxygen atoms in total. The van der Waals surface area contributed by atoms with E-state index in [2.05, 4.69) is 5.32 Å². The van der Waals surface area contributed by atoms with Crippen LogP contribution in [0.5, 0.6) is 0 Å². The van der Waals surface area contributed by atoms with Crippen LogP contribution >= 0.6 is 12.4 Å². The summed E-state index contributed by atoms with van der Waals surface area (Å²) in [6.07, 6.45) is -3.75. The Morgan fingerprint density at radius 2 is 1.89 bits per heavy atom. The number of amides is 1. The number of carbonyl (C=O) groups is 1. The largest absolute Gasteiger partial charge is 0.416 e. The molecule has 0 radical (unpaired) electrons. The van der Waals surface area contributed by atoms with Crippen molar-refractivity contribution < 1.29 is 22.9 Å². The van der Waals surface area contributed by atoms with Crippen molar-refractivity contribution in [3.63, 3.8) is 0 Å². The summed E-state index contributed by atoms with van der Waals surface area (Å²) in [7, 11) is 0. The molecule has 0 bridgehead atoms. The number of alkyl halides is 3. The third-order valence-corrected chi connectivity index (χ3v) is 4.68. The van der Waals surface area contributed by atoms with Crippen molar-refractivity contribution in [2.45, 2.75) is 38.4 Å². The number of hydrogen-bond acceptors (Lipinski definition) is 5. The summed E-state index contributed by atoms with van der Waals surface area (Å²) in [5.74, 6) is -0.396. The number of anilines is 1. The summed E-state index contributed by atoms with van der Waals surface area (Å²) in [6.45, 7) is 4.59. The zero-order valence-electron chi connectivity index (χ0n) is 15.6. The first kappa shape index (κ1) is 24.0. The number of nitro benzene ring substituents is 1. The van der Waals surface area contributed by atoms with E-state index in [-0.39, 0.29) is 36.5 Å². The number of benzene rings is 1. The second kappa shape index (κ2) is 8.95. The quantitative estimate of drug-likeness (QED) is 0.558. The summed E-state index contributed by atoms with van der Waals surface area (Å²) in [5, 5.41) is 14.1. The Labute approximate surface area is 167 Å². The van der Waals surface area contributed by atoms with Crippen LogP contribution in [0.25, 0.3) is 0 Å². The van der Waals surface area contributed by atoms with Gasteiger partial charge in [0, 0.05) is 37.2 Å². The van der Waals surface area contributed by atoms with E-state index in [4.69, 9.17) is 5.73 Å². The highest BCUT2D eigenvalue weighted by atomic mass is 35.5. The average Bonchev–Trinajstić information content (AvgIpc) is 2.60. The van der Waals surface area contributed by atoms with Gasteiger partial charge in [0.05, 0.1) is 10.5 Å². The normalized spacial score (nSPS) is 15.7. The topological polar surface area (TPSA) is 102 Å². The SMILES string of the molecule is CC(C)(CN)NC(=O)C1CCN(c2ccc(C(F)(F)F)cc2[N+](=O)[O-])CC1.Cl. The molecule has 1 aromatic carbocycles. The Kier molecular flexibility index (Phi) is 7.66. The summed E-state index contributed by atoms with van der Waals surface area (Å²) >= 11 is 0. The fourth-order valence-electron chi connectivity index (χ4n) is 2.98. The van der Waals surface area contributed by atoms with Crippen molar-refractivity contribution in [2.75, 3.05) is 24.5 Å². The van der Waals surface area contributed by atoms with Crippen LogP contribution in [0, 0.1) is 16.0 Å². The van der Waals surface area contributed by atoms with Crippen molar-refractivity contribution in [1.82, 2.24) is 5.32 Å². The summed E-state index contributed by atoms with van der Waals surface area (Å²) in [5.41, 5.74) is 3.56. The molecule has 1 aliphatic heterocycles.